The lowest BCUT2D eigenvalue weighted by Gasteiger charge is -2.03. The largest absolute Gasteiger partial charge is 0.308 e. The molecule has 0 amide bonds. The van der Waals surface area contributed by atoms with Crippen molar-refractivity contribution in [3.63, 3.8) is 0 Å². The van der Waals surface area contributed by atoms with Crippen LogP contribution < -0.4 is 5.32 Å². The molecule has 4 heteroatoms. The van der Waals surface area contributed by atoms with Gasteiger partial charge in [-0.15, -0.1) is 0 Å². The third-order valence-corrected chi connectivity index (χ3v) is 2.41. The quantitative estimate of drug-likeness (QED) is 0.484. The molecule has 13 heavy (non-hydrogen) atoms. The summed E-state index contributed by atoms with van der Waals surface area (Å²) in [6.45, 7) is 0.747. The Kier molecular flexibility index (Phi) is 4.77. The summed E-state index contributed by atoms with van der Waals surface area (Å²) in [5.41, 5.74) is 0.726. The van der Waals surface area contributed by atoms with Gasteiger partial charge in [0.05, 0.1) is 0 Å². The van der Waals surface area contributed by atoms with Gasteiger partial charge in [0.1, 0.15) is 5.82 Å². The van der Waals surface area contributed by atoms with Crippen LogP contribution in [0.25, 0.3) is 0 Å². The number of nitrogens with one attached hydrogen (secondary N) is 1. The summed E-state index contributed by atoms with van der Waals surface area (Å²) in [5, 5.41) is 3.03. The van der Waals surface area contributed by atoms with Crippen molar-refractivity contribution >= 4 is 28.6 Å². The van der Waals surface area contributed by atoms with Gasteiger partial charge in [0, 0.05) is 16.9 Å². The molecular formula is C9H11BrFNS. The zero-order chi connectivity index (χ0) is 9.68. The molecule has 0 aromatic heterocycles. The second-order valence-corrected chi connectivity index (χ2v) is 3.88. The maximum Gasteiger partial charge on any atom is 0.126 e. The van der Waals surface area contributed by atoms with Crippen molar-refractivity contribution in [1.82, 2.24) is 5.32 Å². The highest BCUT2D eigenvalue weighted by Gasteiger charge is 2.01. The van der Waals surface area contributed by atoms with Crippen molar-refractivity contribution in [1.29, 1.82) is 0 Å². The van der Waals surface area contributed by atoms with Crippen LogP contribution in [0.3, 0.4) is 0 Å². The molecule has 0 aliphatic rings. The smallest absolute Gasteiger partial charge is 0.126 e. The fourth-order valence-electron chi connectivity index (χ4n) is 1.04. The maximum atomic E-state index is 13.1. The van der Waals surface area contributed by atoms with E-state index in [9.17, 15) is 4.39 Å². The van der Waals surface area contributed by atoms with Crippen molar-refractivity contribution in [2.75, 3.05) is 12.4 Å². The molecule has 0 radical (unpaired) electrons. The summed E-state index contributed by atoms with van der Waals surface area (Å²) in [7, 11) is 0. The highest BCUT2D eigenvalue weighted by Crippen LogP contribution is 2.15. The Hall–Kier alpha value is -0.0600. The van der Waals surface area contributed by atoms with E-state index in [4.69, 9.17) is 0 Å². The molecule has 0 bridgehead atoms. The van der Waals surface area contributed by atoms with Crippen molar-refractivity contribution in [2.45, 2.75) is 6.42 Å². The van der Waals surface area contributed by atoms with Crippen LogP contribution in [0.2, 0.25) is 0 Å². The van der Waals surface area contributed by atoms with Gasteiger partial charge in [0.25, 0.3) is 0 Å². The molecule has 0 aliphatic carbocycles. The Balaban J connectivity index is 2.59. The van der Waals surface area contributed by atoms with Gasteiger partial charge in [-0.25, -0.2) is 4.39 Å². The van der Waals surface area contributed by atoms with Gasteiger partial charge in [-0.05, 0) is 30.2 Å². The standard InChI is InChI=1S/C9H11BrFNS/c10-8-1-2-9(11)7(5-8)3-4-12-6-13/h1-2,5,12-13H,3-4,6H2. The molecule has 0 saturated carbocycles. The third-order valence-electron chi connectivity index (χ3n) is 1.69. The van der Waals surface area contributed by atoms with Crippen LogP contribution >= 0.6 is 28.6 Å². The lowest BCUT2D eigenvalue weighted by atomic mass is 10.1. The minimum Gasteiger partial charge on any atom is -0.308 e. The molecule has 0 fully saturated rings. The van der Waals surface area contributed by atoms with Crippen LogP contribution in [0.4, 0.5) is 4.39 Å². The van der Waals surface area contributed by atoms with E-state index >= 15 is 0 Å². The van der Waals surface area contributed by atoms with E-state index in [1.807, 2.05) is 0 Å². The molecule has 1 nitrogen and oxygen atoms in total. The van der Waals surface area contributed by atoms with E-state index < -0.39 is 0 Å². The van der Waals surface area contributed by atoms with Gasteiger partial charge >= 0.3 is 0 Å². The Morgan fingerprint density at radius 3 is 2.92 bits per heavy atom. The monoisotopic (exact) mass is 263 g/mol. The molecule has 1 N–H and O–H groups in total. The van der Waals surface area contributed by atoms with Gasteiger partial charge in [-0.1, -0.05) is 15.9 Å². The molecule has 0 heterocycles. The third kappa shape index (κ3) is 3.67. The SMILES string of the molecule is Fc1ccc(Br)cc1CCNCS. The summed E-state index contributed by atoms with van der Waals surface area (Å²) in [6, 6.07) is 4.97. The minimum absolute atomic E-state index is 0.149. The zero-order valence-corrected chi connectivity index (χ0v) is 9.54. The zero-order valence-electron chi connectivity index (χ0n) is 7.06. The van der Waals surface area contributed by atoms with Gasteiger partial charge in [-0.2, -0.15) is 12.6 Å². The summed E-state index contributed by atoms with van der Waals surface area (Å²) in [5.74, 6) is 0.472. The molecule has 1 aromatic rings. The average molecular weight is 264 g/mol. The molecular weight excluding hydrogens is 253 g/mol. The first-order valence-corrected chi connectivity index (χ1v) is 5.42. The predicted octanol–water partition coefficient (Wildman–Crippen LogP) is 2.61. The summed E-state index contributed by atoms with van der Waals surface area (Å²) in [4.78, 5) is 0. The molecule has 1 rings (SSSR count). The van der Waals surface area contributed by atoms with E-state index in [0.29, 0.717) is 12.3 Å². The summed E-state index contributed by atoms with van der Waals surface area (Å²) in [6.07, 6.45) is 0.686. The molecule has 0 saturated heterocycles. The number of hydrogen-bond acceptors (Lipinski definition) is 2. The summed E-state index contributed by atoms with van der Waals surface area (Å²) >= 11 is 7.30. The van der Waals surface area contributed by atoms with Gasteiger partial charge in [-0.3, -0.25) is 0 Å². The van der Waals surface area contributed by atoms with Crippen LogP contribution in [0, 0.1) is 5.82 Å². The Morgan fingerprint density at radius 2 is 2.23 bits per heavy atom. The summed E-state index contributed by atoms with van der Waals surface area (Å²) < 4.78 is 14.0. The first-order chi connectivity index (χ1) is 6.24. The molecule has 0 aliphatic heterocycles. The fourth-order valence-corrected chi connectivity index (χ4v) is 1.60. The average Bonchev–Trinajstić information content (AvgIpc) is 2.11. The van der Waals surface area contributed by atoms with E-state index in [1.54, 1.807) is 12.1 Å². The normalized spacial score (nSPS) is 10.4. The molecule has 0 atom stereocenters. The first kappa shape index (κ1) is 11.0. The molecule has 1 aromatic carbocycles. The Labute approximate surface area is 91.3 Å². The predicted molar refractivity (Wildman–Crippen MR) is 59.7 cm³/mol. The maximum absolute atomic E-state index is 13.1. The van der Waals surface area contributed by atoms with Crippen LogP contribution in [0.1, 0.15) is 5.56 Å². The number of halogens is 2. The van der Waals surface area contributed by atoms with Crippen molar-refractivity contribution in [3.8, 4) is 0 Å². The minimum atomic E-state index is -0.149. The van der Waals surface area contributed by atoms with Crippen LogP contribution in [0.15, 0.2) is 22.7 Å². The number of benzene rings is 1. The molecule has 0 spiro atoms. The Bertz CT molecular complexity index is 280. The lowest BCUT2D eigenvalue weighted by molar-refractivity contribution is 0.604. The highest BCUT2D eigenvalue weighted by atomic mass is 79.9. The second-order valence-electron chi connectivity index (χ2n) is 2.64. The van der Waals surface area contributed by atoms with E-state index in [1.165, 1.54) is 6.07 Å². The van der Waals surface area contributed by atoms with Crippen molar-refractivity contribution in [3.05, 3.63) is 34.1 Å². The van der Waals surface area contributed by atoms with Crippen LogP contribution in [0.5, 0.6) is 0 Å². The first-order valence-electron chi connectivity index (χ1n) is 3.99. The lowest BCUT2D eigenvalue weighted by Crippen LogP contribution is -2.15. The van der Waals surface area contributed by atoms with E-state index in [-0.39, 0.29) is 5.82 Å². The van der Waals surface area contributed by atoms with Crippen LogP contribution in [-0.2, 0) is 6.42 Å². The molecule has 72 valence electrons. The van der Waals surface area contributed by atoms with Gasteiger partial charge in [0.15, 0.2) is 0 Å². The van der Waals surface area contributed by atoms with E-state index in [0.717, 1.165) is 16.6 Å². The topological polar surface area (TPSA) is 12.0 Å². The Morgan fingerprint density at radius 1 is 1.46 bits per heavy atom. The second kappa shape index (κ2) is 5.62. The fraction of sp³-hybridized carbons (Fsp3) is 0.333. The molecule has 0 unspecified atom stereocenters. The van der Waals surface area contributed by atoms with Crippen molar-refractivity contribution < 1.29 is 4.39 Å². The van der Waals surface area contributed by atoms with Crippen LogP contribution in [-0.4, -0.2) is 12.4 Å². The highest BCUT2D eigenvalue weighted by molar-refractivity contribution is 9.10. The van der Waals surface area contributed by atoms with E-state index in [2.05, 4.69) is 33.9 Å². The van der Waals surface area contributed by atoms with Gasteiger partial charge in [0.2, 0.25) is 0 Å². The van der Waals surface area contributed by atoms with Gasteiger partial charge < -0.3 is 5.32 Å². The number of thiol groups is 1. The van der Waals surface area contributed by atoms with Crippen molar-refractivity contribution in [2.24, 2.45) is 0 Å². The number of hydrogen-bond donors (Lipinski definition) is 2. The number of rotatable bonds is 4.